The number of phosphoric ester groups is 1. The molecule has 0 bridgehead atoms. The molecule has 3 heterocycles. The van der Waals surface area contributed by atoms with E-state index >= 15 is 0 Å². The minimum atomic E-state index is -4.70. The van der Waals surface area contributed by atoms with E-state index in [0.717, 1.165) is 0 Å². The maximum atomic E-state index is 13.0. The number of anilines is 1. The summed E-state index contributed by atoms with van der Waals surface area (Å²) in [5, 5.41) is -0.858. The highest BCUT2D eigenvalue weighted by molar-refractivity contribution is 7.81. The molecule has 0 radical (unpaired) electrons. The summed E-state index contributed by atoms with van der Waals surface area (Å²) in [6.45, 7) is -0.501. The van der Waals surface area contributed by atoms with Crippen molar-refractivity contribution in [2.75, 3.05) is 12.3 Å². The first kappa shape index (κ1) is 17.5. The zero-order valence-corrected chi connectivity index (χ0v) is 13.6. The minimum Gasteiger partial charge on any atom is -0.382 e. The maximum absolute atomic E-state index is 13.0. The SMILES string of the molecule is Nc1ncnc2c1ncn2[C@@H]1O[C@H](COP(=O)(O)O)[C@H](S)[C@@H]1OF. The fourth-order valence-corrected chi connectivity index (χ4v) is 3.09. The van der Waals surface area contributed by atoms with Crippen molar-refractivity contribution in [3.8, 4) is 0 Å². The number of aromatic nitrogens is 4. The number of fused-ring (bicyclic) bond motifs is 1. The molecule has 2 aromatic heterocycles. The molecular weight excluding hydrogens is 368 g/mol. The summed E-state index contributed by atoms with van der Waals surface area (Å²) in [5.41, 5.74) is 6.27. The predicted octanol–water partition coefficient (Wildman–Crippen LogP) is -0.0167. The second-order valence-corrected chi connectivity index (χ2v) is 6.81. The van der Waals surface area contributed by atoms with Crippen LogP contribution in [0, 0.1) is 0 Å². The van der Waals surface area contributed by atoms with Crippen molar-refractivity contribution < 1.29 is 33.1 Å². The van der Waals surface area contributed by atoms with Crippen LogP contribution in [0.4, 0.5) is 10.3 Å². The summed E-state index contributed by atoms with van der Waals surface area (Å²) < 4.78 is 35.2. The molecule has 0 amide bonds. The van der Waals surface area contributed by atoms with Crippen LogP contribution in [0.1, 0.15) is 6.23 Å². The highest BCUT2D eigenvalue weighted by Crippen LogP contribution is 2.41. The summed E-state index contributed by atoms with van der Waals surface area (Å²) >= 11 is 4.18. The molecule has 0 saturated carbocycles. The topological polar surface area (TPSA) is 155 Å². The number of halogens is 1. The lowest BCUT2D eigenvalue weighted by atomic mass is 10.2. The summed E-state index contributed by atoms with van der Waals surface area (Å²) in [6.07, 6.45) is -0.639. The van der Waals surface area contributed by atoms with Crippen molar-refractivity contribution in [2.24, 2.45) is 0 Å². The van der Waals surface area contributed by atoms with Crippen LogP contribution in [0.3, 0.4) is 0 Å². The van der Waals surface area contributed by atoms with Crippen LogP contribution in [-0.4, -0.2) is 53.4 Å². The van der Waals surface area contributed by atoms with Gasteiger partial charge in [-0.1, -0.05) is 0 Å². The molecule has 1 aliphatic heterocycles. The number of nitrogens with two attached hydrogens (primary N) is 1. The molecular formula is C10H13FN5O6PS. The lowest BCUT2D eigenvalue weighted by Gasteiger charge is -2.17. The average molecular weight is 381 g/mol. The summed E-state index contributed by atoms with van der Waals surface area (Å²) in [6, 6.07) is 0. The smallest absolute Gasteiger partial charge is 0.382 e. The van der Waals surface area contributed by atoms with E-state index in [0.29, 0.717) is 5.52 Å². The summed E-state index contributed by atoms with van der Waals surface area (Å²) in [5.74, 6) is 0.137. The zero-order chi connectivity index (χ0) is 17.5. The molecule has 4 atom stereocenters. The van der Waals surface area contributed by atoms with E-state index in [9.17, 15) is 9.09 Å². The van der Waals surface area contributed by atoms with Gasteiger partial charge in [-0.15, -0.1) is 0 Å². The minimum absolute atomic E-state index is 0.137. The molecule has 0 aliphatic carbocycles. The number of hydrogen-bond acceptors (Lipinski definition) is 9. The number of imidazole rings is 1. The van der Waals surface area contributed by atoms with Crippen molar-refractivity contribution in [1.82, 2.24) is 19.5 Å². The molecule has 11 nitrogen and oxygen atoms in total. The highest BCUT2D eigenvalue weighted by Gasteiger charge is 2.47. The van der Waals surface area contributed by atoms with Gasteiger partial charge in [0.25, 0.3) is 0 Å². The van der Waals surface area contributed by atoms with Gasteiger partial charge in [0.05, 0.1) is 24.3 Å². The van der Waals surface area contributed by atoms with Crippen molar-refractivity contribution in [2.45, 2.75) is 23.7 Å². The van der Waals surface area contributed by atoms with Gasteiger partial charge in [-0.3, -0.25) is 9.09 Å². The van der Waals surface area contributed by atoms with Crippen LogP contribution in [0.2, 0.25) is 0 Å². The normalized spacial score (nSPS) is 27.8. The molecule has 24 heavy (non-hydrogen) atoms. The van der Waals surface area contributed by atoms with Crippen molar-refractivity contribution in [3.05, 3.63) is 12.7 Å². The Morgan fingerprint density at radius 2 is 2.21 bits per heavy atom. The Kier molecular flexibility index (Phi) is 4.75. The fraction of sp³-hybridized carbons (Fsp3) is 0.500. The Balaban J connectivity index is 1.89. The molecule has 3 rings (SSSR count). The lowest BCUT2D eigenvalue weighted by Crippen LogP contribution is -2.30. The standard InChI is InChI=1S/C10H13FN5O6PS/c11-22-6-7(24)4(1-20-23(17,18)19)21-10(6)16-3-15-5-8(12)13-2-14-9(5)16/h2-4,6-7,10,24H,1H2,(H2,12,13,14)(H2,17,18,19)/t4-,6+,7+,10-/m1/s1. The van der Waals surface area contributed by atoms with Gasteiger partial charge in [0.1, 0.15) is 11.8 Å². The van der Waals surface area contributed by atoms with Gasteiger partial charge >= 0.3 is 7.82 Å². The van der Waals surface area contributed by atoms with Gasteiger partial charge in [0.2, 0.25) is 0 Å². The largest absolute Gasteiger partial charge is 0.469 e. The summed E-state index contributed by atoms with van der Waals surface area (Å²) in [4.78, 5) is 33.3. The number of ether oxygens (including phenoxy) is 1. The van der Waals surface area contributed by atoms with E-state index in [1.165, 1.54) is 17.2 Å². The van der Waals surface area contributed by atoms with Gasteiger partial charge in [0.15, 0.2) is 23.8 Å². The van der Waals surface area contributed by atoms with E-state index in [1.54, 1.807) is 0 Å². The van der Waals surface area contributed by atoms with E-state index in [4.69, 9.17) is 20.3 Å². The Morgan fingerprint density at radius 3 is 2.88 bits per heavy atom. The summed E-state index contributed by atoms with van der Waals surface area (Å²) in [7, 11) is -4.70. The Bertz CT molecular complexity index is 788. The number of thiol groups is 1. The number of hydrogen-bond donors (Lipinski definition) is 4. The molecule has 0 unspecified atom stereocenters. The highest BCUT2D eigenvalue weighted by atomic mass is 32.1. The molecule has 1 aliphatic rings. The van der Waals surface area contributed by atoms with Crippen LogP contribution < -0.4 is 5.73 Å². The van der Waals surface area contributed by atoms with E-state index in [-0.39, 0.29) is 11.5 Å². The average Bonchev–Trinajstić information content (AvgIpc) is 3.06. The third-order valence-corrected chi connectivity index (χ3v) is 4.60. The first-order valence-electron chi connectivity index (χ1n) is 6.56. The van der Waals surface area contributed by atoms with Gasteiger partial charge in [-0.05, 0) is 4.53 Å². The Morgan fingerprint density at radius 1 is 1.46 bits per heavy atom. The molecule has 0 aromatic carbocycles. The van der Waals surface area contributed by atoms with Crippen LogP contribution in [0.25, 0.3) is 11.2 Å². The Hall–Kier alpha value is -1.34. The number of nitrogen functional groups attached to an aromatic ring is 1. The van der Waals surface area contributed by atoms with Gasteiger partial charge in [0, 0.05) is 0 Å². The second kappa shape index (κ2) is 6.52. The Labute approximate surface area is 139 Å². The molecule has 132 valence electrons. The van der Waals surface area contributed by atoms with E-state index in [2.05, 4.69) is 37.0 Å². The maximum Gasteiger partial charge on any atom is 0.469 e. The number of rotatable bonds is 5. The molecule has 4 N–H and O–H groups in total. The van der Waals surface area contributed by atoms with Crippen LogP contribution in [-0.2, 0) is 18.8 Å². The van der Waals surface area contributed by atoms with Crippen LogP contribution in [0.5, 0.6) is 0 Å². The lowest BCUT2D eigenvalue weighted by molar-refractivity contribution is -0.204. The molecule has 0 spiro atoms. The number of nitrogens with zero attached hydrogens (tertiary/aromatic N) is 4. The van der Waals surface area contributed by atoms with Crippen LogP contribution in [0.15, 0.2) is 12.7 Å². The van der Waals surface area contributed by atoms with Gasteiger partial charge in [-0.25, -0.2) is 19.5 Å². The predicted molar refractivity (Wildman–Crippen MR) is 80.4 cm³/mol. The quantitative estimate of drug-likeness (QED) is 0.410. The zero-order valence-electron chi connectivity index (χ0n) is 11.8. The first-order valence-corrected chi connectivity index (χ1v) is 8.60. The van der Waals surface area contributed by atoms with Crippen LogP contribution >= 0.6 is 20.5 Å². The van der Waals surface area contributed by atoms with Crippen molar-refractivity contribution in [1.29, 1.82) is 0 Å². The first-order chi connectivity index (χ1) is 11.3. The van der Waals surface area contributed by atoms with Crippen molar-refractivity contribution in [3.63, 3.8) is 0 Å². The monoisotopic (exact) mass is 381 g/mol. The van der Waals surface area contributed by atoms with E-state index in [1.807, 2.05) is 0 Å². The third-order valence-electron chi connectivity index (χ3n) is 3.48. The fourth-order valence-electron chi connectivity index (χ4n) is 2.40. The molecule has 2 aromatic rings. The van der Waals surface area contributed by atoms with E-state index < -0.39 is 38.1 Å². The number of phosphoric acid groups is 1. The van der Waals surface area contributed by atoms with Gasteiger partial charge in [-0.2, -0.15) is 17.6 Å². The third kappa shape index (κ3) is 3.24. The van der Waals surface area contributed by atoms with Gasteiger partial charge < -0.3 is 20.3 Å². The molecule has 1 saturated heterocycles. The molecule has 14 heteroatoms. The molecule has 1 fully saturated rings. The van der Waals surface area contributed by atoms with Crippen molar-refractivity contribution >= 4 is 37.4 Å². The second-order valence-electron chi connectivity index (χ2n) is 4.98.